The molecule has 0 aliphatic heterocycles. The first-order valence-corrected chi connectivity index (χ1v) is 5.09. The molecule has 0 saturated heterocycles. The molecule has 1 rings (SSSR count). The van der Waals surface area contributed by atoms with Crippen molar-refractivity contribution in [3.8, 4) is 0 Å². The van der Waals surface area contributed by atoms with Crippen molar-refractivity contribution in [1.29, 1.82) is 0 Å². The molecule has 3 heteroatoms. The summed E-state index contributed by atoms with van der Waals surface area (Å²) < 4.78 is 0.918. The van der Waals surface area contributed by atoms with E-state index in [0.717, 1.165) is 10.0 Å². The second-order valence-corrected chi connectivity index (χ2v) is 3.93. The summed E-state index contributed by atoms with van der Waals surface area (Å²) in [6.45, 7) is 5.98. The molecular formula is C11H12BrNO. The zero-order chi connectivity index (χ0) is 10.6. The van der Waals surface area contributed by atoms with Crippen LogP contribution in [0.15, 0.2) is 35.3 Å². The summed E-state index contributed by atoms with van der Waals surface area (Å²) in [4.78, 5) is 11.5. The van der Waals surface area contributed by atoms with Gasteiger partial charge in [0, 0.05) is 16.6 Å². The van der Waals surface area contributed by atoms with Crippen molar-refractivity contribution >= 4 is 21.8 Å². The van der Waals surface area contributed by atoms with E-state index in [1.807, 2.05) is 19.1 Å². The second-order valence-electron chi connectivity index (χ2n) is 3.02. The lowest BCUT2D eigenvalue weighted by Gasteiger charge is -2.04. The normalized spacial score (nSPS) is 9.57. The number of hydrogen-bond acceptors (Lipinski definition) is 1. The Bertz CT molecular complexity index is 340. The maximum Gasteiger partial charge on any atom is 0.251 e. The van der Waals surface area contributed by atoms with Gasteiger partial charge >= 0.3 is 0 Å². The molecule has 1 aromatic carbocycles. The van der Waals surface area contributed by atoms with Gasteiger partial charge in [0.05, 0.1) is 0 Å². The van der Waals surface area contributed by atoms with Gasteiger partial charge in [0.25, 0.3) is 5.91 Å². The molecule has 74 valence electrons. The minimum Gasteiger partial charge on any atom is -0.349 e. The SMILES string of the molecule is C=CCNC(=O)c1cc(C)cc(Br)c1. The highest BCUT2D eigenvalue weighted by atomic mass is 79.9. The van der Waals surface area contributed by atoms with Crippen LogP contribution in [0.2, 0.25) is 0 Å². The Morgan fingerprint density at radius 2 is 2.29 bits per heavy atom. The summed E-state index contributed by atoms with van der Waals surface area (Å²) in [6.07, 6.45) is 1.66. The van der Waals surface area contributed by atoms with Gasteiger partial charge in [-0.3, -0.25) is 4.79 Å². The van der Waals surface area contributed by atoms with E-state index in [1.54, 1.807) is 12.1 Å². The molecule has 1 aromatic rings. The van der Waals surface area contributed by atoms with Crippen molar-refractivity contribution in [2.45, 2.75) is 6.92 Å². The number of hydrogen-bond donors (Lipinski definition) is 1. The Balaban J connectivity index is 2.84. The van der Waals surface area contributed by atoms with Crippen molar-refractivity contribution in [2.24, 2.45) is 0 Å². The summed E-state index contributed by atoms with van der Waals surface area (Å²) in [5.41, 5.74) is 1.72. The second kappa shape index (κ2) is 4.96. The van der Waals surface area contributed by atoms with Crippen LogP contribution in [0, 0.1) is 6.92 Å². The predicted octanol–water partition coefficient (Wildman–Crippen LogP) is 2.67. The average Bonchev–Trinajstić information content (AvgIpc) is 2.12. The molecule has 0 fully saturated rings. The highest BCUT2D eigenvalue weighted by Gasteiger charge is 2.04. The molecule has 0 aromatic heterocycles. The fraction of sp³-hybridized carbons (Fsp3) is 0.182. The number of aryl methyl sites for hydroxylation is 1. The molecule has 0 heterocycles. The molecular weight excluding hydrogens is 242 g/mol. The van der Waals surface area contributed by atoms with Gasteiger partial charge in [-0.15, -0.1) is 6.58 Å². The zero-order valence-electron chi connectivity index (χ0n) is 8.01. The number of carbonyl (C=O) groups excluding carboxylic acids is 1. The topological polar surface area (TPSA) is 29.1 Å². The van der Waals surface area contributed by atoms with Gasteiger partial charge in [0.1, 0.15) is 0 Å². The lowest BCUT2D eigenvalue weighted by atomic mass is 10.1. The Kier molecular flexibility index (Phi) is 3.89. The van der Waals surface area contributed by atoms with Crippen molar-refractivity contribution in [3.05, 3.63) is 46.5 Å². The molecule has 0 bridgehead atoms. The molecule has 0 atom stereocenters. The summed E-state index contributed by atoms with van der Waals surface area (Å²) in [5, 5.41) is 2.73. The molecule has 0 unspecified atom stereocenters. The van der Waals surface area contributed by atoms with E-state index in [9.17, 15) is 4.79 Å². The Hall–Kier alpha value is -1.09. The van der Waals surface area contributed by atoms with Crippen LogP contribution in [0.4, 0.5) is 0 Å². The molecule has 1 N–H and O–H groups in total. The quantitative estimate of drug-likeness (QED) is 0.825. The molecule has 0 radical (unpaired) electrons. The van der Waals surface area contributed by atoms with E-state index in [0.29, 0.717) is 12.1 Å². The number of rotatable bonds is 3. The summed E-state index contributed by atoms with van der Waals surface area (Å²) in [6, 6.07) is 5.61. The number of carbonyl (C=O) groups is 1. The average molecular weight is 254 g/mol. The summed E-state index contributed by atoms with van der Waals surface area (Å²) in [5.74, 6) is -0.0747. The number of nitrogens with one attached hydrogen (secondary N) is 1. The standard InChI is InChI=1S/C11H12BrNO/c1-3-4-13-11(14)9-5-8(2)6-10(12)7-9/h3,5-7H,1,4H2,2H3,(H,13,14). The van der Waals surface area contributed by atoms with Gasteiger partial charge in [0.15, 0.2) is 0 Å². The van der Waals surface area contributed by atoms with Crippen LogP contribution >= 0.6 is 15.9 Å². The van der Waals surface area contributed by atoms with Gasteiger partial charge in [0.2, 0.25) is 0 Å². The van der Waals surface area contributed by atoms with Crippen molar-refractivity contribution in [2.75, 3.05) is 6.54 Å². The predicted molar refractivity (Wildman–Crippen MR) is 61.4 cm³/mol. The van der Waals surface area contributed by atoms with E-state index in [2.05, 4.69) is 27.8 Å². The van der Waals surface area contributed by atoms with Gasteiger partial charge in [-0.1, -0.05) is 22.0 Å². The summed E-state index contributed by atoms with van der Waals surface area (Å²) in [7, 11) is 0. The largest absolute Gasteiger partial charge is 0.349 e. The van der Waals surface area contributed by atoms with Crippen LogP contribution in [0.3, 0.4) is 0 Å². The lowest BCUT2D eigenvalue weighted by molar-refractivity contribution is 0.0958. The molecule has 0 saturated carbocycles. The van der Waals surface area contributed by atoms with Gasteiger partial charge in [-0.05, 0) is 30.7 Å². The third-order valence-electron chi connectivity index (χ3n) is 1.71. The third kappa shape index (κ3) is 3.00. The van der Waals surface area contributed by atoms with Gasteiger partial charge in [-0.25, -0.2) is 0 Å². The van der Waals surface area contributed by atoms with Crippen LogP contribution in [0.1, 0.15) is 15.9 Å². The first kappa shape index (κ1) is 11.0. The molecule has 0 aliphatic rings. The lowest BCUT2D eigenvalue weighted by Crippen LogP contribution is -2.23. The van der Waals surface area contributed by atoms with Gasteiger partial charge in [-0.2, -0.15) is 0 Å². The maximum atomic E-state index is 11.5. The molecule has 0 aliphatic carbocycles. The Morgan fingerprint density at radius 1 is 1.57 bits per heavy atom. The highest BCUT2D eigenvalue weighted by Crippen LogP contribution is 2.15. The smallest absolute Gasteiger partial charge is 0.251 e. The molecule has 2 nitrogen and oxygen atoms in total. The Morgan fingerprint density at radius 3 is 2.86 bits per heavy atom. The van der Waals surface area contributed by atoms with Crippen LogP contribution < -0.4 is 5.32 Å². The van der Waals surface area contributed by atoms with Crippen molar-refractivity contribution in [3.63, 3.8) is 0 Å². The fourth-order valence-electron chi connectivity index (χ4n) is 1.13. The minimum absolute atomic E-state index is 0.0747. The number of halogens is 1. The zero-order valence-corrected chi connectivity index (χ0v) is 9.60. The van der Waals surface area contributed by atoms with E-state index in [1.165, 1.54) is 0 Å². The molecule has 14 heavy (non-hydrogen) atoms. The van der Waals surface area contributed by atoms with E-state index < -0.39 is 0 Å². The molecule has 1 amide bonds. The minimum atomic E-state index is -0.0747. The first-order chi connectivity index (χ1) is 6.63. The summed E-state index contributed by atoms with van der Waals surface area (Å²) >= 11 is 3.35. The van der Waals surface area contributed by atoms with Crippen molar-refractivity contribution in [1.82, 2.24) is 5.32 Å². The van der Waals surface area contributed by atoms with Crippen LogP contribution in [0.5, 0.6) is 0 Å². The fourth-order valence-corrected chi connectivity index (χ4v) is 1.74. The van der Waals surface area contributed by atoms with Crippen LogP contribution in [-0.2, 0) is 0 Å². The van der Waals surface area contributed by atoms with E-state index in [-0.39, 0.29) is 5.91 Å². The first-order valence-electron chi connectivity index (χ1n) is 4.30. The van der Waals surface area contributed by atoms with E-state index >= 15 is 0 Å². The van der Waals surface area contributed by atoms with Gasteiger partial charge < -0.3 is 5.32 Å². The van der Waals surface area contributed by atoms with Crippen LogP contribution in [0.25, 0.3) is 0 Å². The van der Waals surface area contributed by atoms with Crippen LogP contribution in [-0.4, -0.2) is 12.5 Å². The third-order valence-corrected chi connectivity index (χ3v) is 2.17. The van der Waals surface area contributed by atoms with Crippen molar-refractivity contribution < 1.29 is 4.79 Å². The number of benzene rings is 1. The molecule has 0 spiro atoms. The van der Waals surface area contributed by atoms with E-state index in [4.69, 9.17) is 0 Å². The highest BCUT2D eigenvalue weighted by molar-refractivity contribution is 9.10. The maximum absolute atomic E-state index is 11.5. The monoisotopic (exact) mass is 253 g/mol. The Labute approximate surface area is 92.1 Å². The number of amides is 1.